The van der Waals surface area contributed by atoms with Crippen molar-refractivity contribution >= 4 is 5.91 Å². The number of rotatable bonds is 21. The summed E-state index contributed by atoms with van der Waals surface area (Å²) in [5.74, 6) is 1.34. The Morgan fingerprint density at radius 2 is 1.43 bits per heavy atom. The second-order valence-electron chi connectivity index (χ2n) is 14.9. The maximum absolute atomic E-state index is 13.3. The first kappa shape index (κ1) is 40.0. The molecule has 0 saturated carbocycles. The van der Waals surface area contributed by atoms with Gasteiger partial charge < -0.3 is 25.4 Å². The fourth-order valence-corrected chi connectivity index (χ4v) is 8.31. The Labute approximate surface area is 317 Å². The molecule has 0 saturated heterocycles. The molecule has 0 aromatic heterocycles. The summed E-state index contributed by atoms with van der Waals surface area (Å²) in [5, 5.41) is 10.8. The molecule has 1 aliphatic heterocycles. The smallest absolute Gasteiger partial charge is 0.220 e. The molecule has 3 N–H and O–H groups in total. The molecule has 1 amide bonds. The molecule has 1 heterocycles. The summed E-state index contributed by atoms with van der Waals surface area (Å²) >= 11 is 0. The van der Waals surface area contributed by atoms with Crippen LogP contribution in [0.3, 0.4) is 0 Å². The average Bonchev–Trinajstić information content (AvgIpc) is 3.18. The molecular formula is C46H60FN3O3. The van der Waals surface area contributed by atoms with E-state index in [0.717, 1.165) is 87.9 Å². The molecule has 4 aromatic rings. The fraction of sp³-hybridized carbons (Fsp3) is 0.457. The lowest BCUT2D eigenvalue weighted by atomic mass is 9.67. The number of nitrogens with one attached hydrogen (secondary N) is 3. The van der Waals surface area contributed by atoms with Crippen LogP contribution >= 0.6 is 0 Å². The van der Waals surface area contributed by atoms with Crippen molar-refractivity contribution in [2.24, 2.45) is 0 Å². The summed E-state index contributed by atoms with van der Waals surface area (Å²) in [7, 11) is 3.44. The molecule has 1 unspecified atom stereocenters. The van der Waals surface area contributed by atoms with Gasteiger partial charge in [-0.3, -0.25) is 4.79 Å². The molecule has 5 rings (SSSR count). The standard InChI is InChI=1S/C46H60FN3O3/c1-35(2)48-30-12-11-28-46(41-34-43(53-4)42(52-3)33-37(41)25-32-50-46)29-13-26-45(38-15-7-5-8-16-38,39-17-9-6-10-18-39)27-14-31-49-44(51)24-21-36-19-22-40(47)23-20-36/h5-10,15-20,22-23,33-35,48,50H,11-14,21,24-32H2,1-4H3,(H,49,51). The van der Waals surface area contributed by atoms with Crippen LogP contribution < -0.4 is 25.4 Å². The number of carbonyl (C=O) groups excluding carboxylic acids is 1. The number of ether oxygens (including phenoxy) is 2. The summed E-state index contributed by atoms with van der Waals surface area (Å²) < 4.78 is 24.9. The summed E-state index contributed by atoms with van der Waals surface area (Å²) in [4.78, 5) is 12.9. The highest BCUT2D eigenvalue weighted by molar-refractivity contribution is 5.76. The van der Waals surface area contributed by atoms with Crippen LogP contribution in [0, 0.1) is 5.82 Å². The van der Waals surface area contributed by atoms with Gasteiger partial charge in [0.1, 0.15) is 5.82 Å². The van der Waals surface area contributed by atoms with E-state index in [9.17, 15) is 9.18 Å². The van der Waals surface area contributed by atoms with Crippen molar-refractivity contribution < 1.29 is 18.7 Å². The molecule has 0 aliphatic carbocycles. The van der Waals surface area contributed by atoms with E-state index >= 15 is 0 Å². The third kappa shape index (κ3) is 10.7. The molecule has 6 nitrogen and oxygen atoms in total. The number of fused-ring (bicyclic) bond motifs is 1. The van der Waals surface area contributed by atoms with E-state index in [1.807, 2.05) is 0 Å². The Hall–Kier alpha value is -4.20. The van der Waals surface area contributed by atoms with Crippen LogP contribution in [-0.4, -0.2) is 45.8 Å². The van der Waals surface area contributed by atoms with E-state index in [1.54, 1.807) is 26.4 Å². The highest BCUT2D eigenvalue weighted by Crippen LogP contribution is 2.46. The van der Waals surface area contributed by atoms with Crippen molar-refractivity contribution in [3.05, 3.63) is 131 Å². The van der Waals surface area contributed by atoms with E-state index in [4.69, 9.17) is 9.47 Å². The van der Waals surface area contributed by atoms with Gasteiger partial charge in [-0.15, -0.1) is 0 Å². The lowest BCUT2D eigenvalue weighted by Crippen LogP contribution is -2.47. The van der Waals surface area contributed by atoms with E-state index in [0.29, 0.717) is 25.4 Å². The van der Waals surface area contributed by atoms with Gasteiger partial charge in [0.05, 0.1) is 14.2 Å². The largest absolute Gasteiger partial charge is 0.493 e. The highest BCUT2D eigenvalue weighted by Gasteiger charge is 2.39. The SMILES string of the molecule is COc1cc2c(cc1OC)C(CCCCNC(C)C)(CCCC(CCCNC(=O)CCc1ccc(F)cc1)(c1ccccc1)c1ccccc1)NCC2. The van der Waals surface area contributed by atoms with Crippen LogP contribution in [0.4, 0.5) is 4.39 Å². The van der Waals surface area contributed by atoms with Gasteiger partial charge in [0.2, 0.25) is 5.91 Å². The number of carbonyl (C=O) groups is 1. The predicted molar refractivity (Wildman–Crippen MR) is 214 cm³/mol. The zero-order chi connectivity index (χ0) is 37.5. The molecule has 0 spiro atoms. The van der Waals surface area contributed by atoms with Crippen LogP contribution in [0.25, 0.3) is 0 Å². The number of benzene rings is 4. The molecule has 0 bridgehead atoms. The first-order chi connectivity index (χ1) is 25.8. The molecule has 0 radical (unpaired) electrons. The zero-order valence-electron chi connectivity index (χ0n) is 32.3. The third-order valence-electron chi connectivity index (χ3n) is 11.1. The minimum absolute atomic E-state index is 0.0268. The Morgan fingerprint density at radius 3 is 2.08 bits per heavy atom. The van der Waals surface area contributed by atoms with Crippen molar-refractivity contribution in [1.82, 2.24) is 16.0 Å². The number of aryl methyl sites for hydroxylation is 1. The van der Waals surface area contributed by atoms with Crippen molar-refractivity contribution in [3.63, 3.8) is 0 Å². The molecule has 1 atom stereocenters. The van der Waals surface area contributed by atoms with Crippen LogP contribution in [-0.2, 0) is 28.6 Å². The summed E-state index contributed by atoms with van der Waals surface area (Å²) in [5.41, 5.74) is 5.87. The highest BCUT2D eigenvalue weighted by atomic mass is 19.1. The molecular weight excluding hydrogens is 662 g/mol. The van der Waals surface area contributed by atoms with Gasteiger partial charge in [-0.1, -0.05) is 99.5 Å². The number of hydrogen-bond donors (Lipinski definition) is 3. The van der Waals surface area contributed by atoms with Crippen LogP contribution in [0.1, 0.15) is 99.5 Å². The van der Waals surface area contributed by atoms with Crippen molar-refractivity contribution in [3.8, 4) is 11.5 Å². The van der Waals surface area contributed by atoms with Crippen molar-refractivity contribution in [2.75, 3.05) is 33.9 Å². The van der Waals surface area contributed by atoms with Crippen molar-refractivity contribution in [1.29, 1.82) is 0 Å². The number of unbranched alkanes of at least 4 members (excludes halogenated alkanes) is 1. The molecule has 53 heavy (non-hydrogen) atoms. The minimum Gasteiger partial charge on any atom is -0.493 e. The van der Waals surface area contributed by atoms with Crippen LogP contribution in [0.5, 0.6) is 11.5 Å². The number of methoxy groups -OCH3 is 2. The van der Waals surface area contributed by atoms with Crippen LogP contribution in [0.2, 0.25) is 0 Å². The number of amides is 1. The maximum atomic E-state index is 13.3. The molecule has 284 valence electrons. The molecule has 7 heteroatoms. The minimum atomic E-state index is -0.260. The Morgan fingerprint density at radius 1 is 0.811 bits per heavy atom. The average molecular weight is 722 g/mol. The topological polar surface area (TPSA) is 71.6 Å². The van der Waals surface area contributed by atoms with Gasteiger partial charge in [-0.2, -0.15) is 0 Å². The van der Waals surface area contributed by atoms with Crippen LogP contribution in [0.15, 0.2) is 97.1 Å². The summed E-state index contributed by atoms with van der Waals surface area (Å²) in [6, 6.07) is 33.2. The van der Waals surface area contributed by atoms with Gasteiger partial charge in [-0.05, 0) is 110 Å². The molecule has 4 aromatic carbocycles. The Kier molecular flexibility index (Phi) is 14.9. The first-order valence-corrected chi connectivity index (χ1v) is 19.6. The lowest BCUT2D eigenvalue weighted by molar-refractivity contribution is -0.121. The predicted octanol–water partition coefficient (Wildman–Crippen LogP) is 9.04. The fourth-order valence-electron chi connectivity index (χ4n) is 8.31. The number of hydrogen-bond acceptors (Lipinski definition) is 5. The van der Waals surface area contributed by atoms with Gasteiger partial charge in [-0.25, -0.2) is 4.39 Å². The normalized spacial score (nSPS) is 15.6. The van der Waals surface area contributed by atoms with Crippen molar-refractivity contribution in [2.45, 2.75) is 101 Å². The first-order valence-electron chi connectivity index (χ1n) is 19.6. The van der Waals surface area contributed by atoms with E-state index in [-0.39, 0.29) is 22.7 Å². The van der Waals surface area contributed by atoms with Gasteiger partial charge >= 0.3 is 0 Å². The van der Waals surface area contributed by atoms with E-state index < -0.39 is 0 Å². The lowest BCUT2D eigenvalue weighted by Gasteiger charge is -2.43. The summed E-state index contributed by atoms with van der Waals surface area (Å²) in [6.07, 6.45) is 9.95. The van der Waals surface area contributed by atoms with Gasteiger partial charge in [0, 0.05) is 36.5 Å². The van der Waals surface area contributed by atoms with Gasteiger partial charge in [0.25, 0.3) is 0 Å². The zero-order valence-corrected chi connectivity index (χ0v) is 32.3. The second kappa shape index (κ2) is 19.8. The third-order valence-corrected chi connectivity index (χ3v) is 11.1. The second-order valence-corrected chi connectivity index (χ2v) is 14.9. The van der Waals surface area contributed by atoms with E-state index in [1.165, 1.54) is 34.4 Å². The maximum Gasteiger partial charge on any atom is 0.220 e. The molecule has 0 fully saturated rings. The Bertz CT molecular complexity index is 1660. The molecule has 1 aliphatic rings. The van der Waals surface area contributed by atoms with Gasteiger partial charge in [0.15, 0.2) is 11.5 Å². The van der Waals surface area contributed by atoms with E-state index in [2.05, 4.69) is 103 Å². The Balaban J connectivity index is 1.37. The summed E-state index contributed by atoms with van der Waals surface area (Å²) in [6.45, 7) is 6.96. The monoisotopic (exact) mass is 721 g/mol. The number of halogens is 1. The quantitative estimate of drug-likeness (QED) is 0.0750.